The molecule has 0 aliphatic carbocycles. The second-order valence-electron chi connectivity index (χ2n) is 5.47. The number of hydrogen-bond donors (Lipinski definition) is 0. The average Bonchev–Trinajstić information content (AvgIpc) is 2.98. The topological polar surface area (TPSA) is 61.6 Å². The molecule has 23 heavy (non-hydrogen) atoms. The SMILES string of the molecule is CC(=Nc1c(C)cc(C)cc1C)c1ccc(/C(C)=N/SC#N)o1. The Morgan fingerprint density at radius 2 is 1.61 bits per heavy atom. The standard InChI is InChI=1S/C18H19N3OS/c1-11-8-12(2)18(13(3)9-11)20-14(4)16-6-7-17(22-16)15(5)21-23-10-19/h6-9H,1-5H3/b20-14?,21-15+. The lowest BCUT2D eigenvalue weighted by Crippen LogP contribution is -1.94. The molecule has 1 heterocycles. The Morgan fingerprint density at radius 3 is 2.17 bits per heavy atom. The van der Waals surface area contributed by atoms with Gasteiger partial charge >= 0.3 is 0 Å². The summed E-state index contributed by atoms with van der Waals surface area (Å²) in [6, 6.07) is 7.98. The van der Waals surface area contributed by atoms with Crippen molar-refractivity contribution in [3.05, 3.63) is 52.5 Å². The molecule has 2 rings (SSSR count). The van der Waals surface area contributed by atoms with Gasteiger partial charge < -0.3 is 4.42 Å². The van der Waals surface area contributed by atoms with Gasteiger partial charge in [0.2, 0.25) is 0 Å². The first kappa shape index (κ1) is 17.0. The van der Waals surface area contributed by atoms with Gasteiger partial charge in [0.25, 0.3) is 0 Å². The van der Waals surface area contributed by atoms with Gasteiger partial charge in [-0.3, -0.25) is 0 Å². The van der Waals surface area contributed by atoms with Crippen LogP contribution in [0.25, 0.3) is 0 Å². The molecule has 0 spiro atoms. The summed E-state index contributed by atoms with van der Waals surface area (Å²) in [6.45, 7) is 9.96. The van der Waals surface area contributed by atoms with Crippen molar-refractivity contribution in [2.45, 2.75) is 34.6 Å². The van der Waals surface area contributed by atoms with E-state index in [0.29, 0.717) is 17.2 Å². The summed E-state index contributed by atoms with van der Waals surface area (Å²) in [5, 5.41) is 10.5. The minimum atomic E-state index is 0.648. The van der Waals surface area contributed by atoms with Gasteiger partial charge in [-0.05, 0) is 57.9 Å². The number of furan rings is 1. The average molecular weight is 325 g/mol. The van der Waals surface area contributed by atoms with E-state index in [1.807, 2.05) is 31.4 Å². The first-order chi connectivity index (χ1) is 10.9. The van der Waals surface area contributed by atoms with Gasteiger partial charge in [0.1, 0.15) is 11.5 Å². The molecule has 2 aromatic rings. The monoisotopic (exact) mass is 325 g/mol. The maximum atomic E-state index is 8.55. The van der Waals surface area contributed by atoms with Crippen LogP contribution in [0.4, 0.5) is 5.69 Å². The Morgan fingerprint density at radius 1 is 1.04 bits per heavy atom. The van der Waals surface area contributed by atoms with Crippen LogP contribution < -0.4 is 0 Å². The number of nitrogens with zero attached hydrogens (tertiary/aromatic N) is 3. The highest BCUT2D eigenvalue weighted by atomic mass is 32.2. The first-order valence-corrected chi connectivity index (χ1v) is 8.03. The molecule has 1 aromatic heterocycles. The van der Waals surface area contributed by atoms with Crippen LogP contribution in [0.2, 0.25) is 0 Å². The van der Waals surface area contributed by atoms with Crippen molar-refractivity contribution in [2.24, 2.45) is 9.39 Å². The predicted molar refractivity (Wildman–Crippen MR) is 96.6 cm³/mol. The van der Waals surface area contributed by atoms with Crippen LogP contribution in [0.3, 0.4) is 0 Å². The fourth-order valence-corrected chi connectivity index (χ4v) is 2.70. The highest BCUT2D eigenvalue weighted by molar-refractivity contribution is 8.02. The zero-order valence-corrected chi connectivity index (χ0v) is 14.8. The molecular formula is C18H19N3OS. The van der Waals surface area contributed by atoms with Crippen LogP contribution in [-0.4, -0.2) is 11.4 Å². The molecule has 5 heteroatoms. The Kier molecular flexibility index (Phi) is 5.41. The summed E-state index contributed by atoms with van der Waals surface area (Å²) in [4.78, 5) is 4.73. The van der Waals surface area contributed by atoms with Crippen molar-refractivity contribution in [2.75, 3.05) is 0 Å². The summed E-state index contributed by atoms with van der Waals surface area (Å²) in [5.74, 6) is 1.35. The molecule has 0 fully saturated rings. The van der Waals surface area contributed by atoms with E-state index in [1.54, 1.807) is 0 Å². The van der Waals surface area contributed by atoms with Crippen molar-refractivity contribution in [1.29, 1.82) is 5.26 Å². The quantitative estimate of drug-likeness (QED) is 0.436. The van der Waals surface area contributed by atoms with Crippen molar-refractivity contribution in [1.82, 2.24) is 0 Å². The van der Waals surface area contributed by atoms with Gasteiger partial charge in [-0.1, -0.05) is 17.7 Å². The lowest BCUT2D eigenvalue weighted by molar-refractivity contribution is 0.548. The molecule has 0 saturated carbocycles. The van der Waals surface area contributed by atoms with Gasteiger partial charge in [-0.15, -0.1) is 0 Å². The molecule has 0 aliphatic rings. The van der Waals surface area contributed by atoms with Crippen molar-refractivity contribution >= 4 is 29.1 Å². The van der Waals surface area contributed by atoms with Gasteiger partial charge in [0.15, 0.2) is 5.40 Å². The first-order valence-electron chi connectivity index (χ1n) is 7.25. The van der Waals surface area contributed by atoms with Crippen molar-refractivity contribution in [3.63, 3.8) is 0 Å². The number of aliphatic imine (C=N–C) groups is 1. The summed E-state index contributed by atoms with van der Waals surface area (Å²) in [5.41, 5.74) is 6.01. The third kappa shape index (κ3) is 4.11. The molecule has 0 amide bonds. The Labute approximate surface area is 141 Å². The van der Waals surface area contributed by atoms with Crippen LogP contribution in [0.1, 0.15) is 42.1 Å². The molecule has 0 radical (unpaired) electrons. The molecule has 0 saturated heterocycles. The maximum Gasteiger partial charge on any atom is 0.157 e. The second-order valence-corrected chi connectivity index (χ2v) is 6.02. The van der Waals surface area contributed by atoms with E-state index < -0.39 is 0 Å². The smallest absolute Gasteiger partial charge is 0.157 e. The highest BCUT2D eigenvalue weighted by Crippen LogP contribution is 2.26. The molecule has 1 aromatic carbocycles. The third-order valence-corrected chi connectivity index (χ3v) is 3.90. The molecule has 0 unspecified atom stereocenters. The molecule has 0 atom stereocenters. The lowest BCUT2D eigenvalue weighted by Gasteiger charge is -2.07. The summed E-state index contributed by atoms with van der Waals surface area (Å²) in [7, 11) is 0. The van der Waals surface area contributed by atoms with E-state index in [9.17, 15) is 0 Å². The van der Waals surface area contributed by atoms with Crippen LogP contribution in [0, 0.1) is 31.4 Å². The highest BCUT2D eigenvalue weighted by Gasteiger charge is 2.09. The Hall–Kier alpha value is -2.32. The summed E-state index contributed by atoms with van der Waals surface area (Å²) in [6.07, 6.45) is 0. The molecule has 4 nitrogen and oxygen atoms in total. The number of rotatable bonds is 4. The molecular weight excluding hydrogens is 306 g/mol. The Balaban J connectivity index is 2.33. The van der Waals surface area contributed by atoms with Crippen LogP contribution in [0.15, 0.2) is 38.1 Å². The molecule has 118 valence electrons. The minimum absolute atomic E-state index is 0.648. The largest absolute Gasteiger partial charge is 0.454 e. The van der Waals surface area contributed by atoms with Gasteiger partial charge in [0, 0.05) is 0 Å². The zero-order chi connectivity index (χ0) is 17.0. The zero-order valence-electron chi connectivity index (χ0n) is 14.0. The van der Waals surface area contributed by atoms with E-state index in [4.69, 9.17) is 14.7 Å². The molecule has 0 N–H and O–H groups in total. The number of hydrogen-bond acceptors (Lipinski definition) is 5. The van der Waals surface area contributed by atoms with Crippen LogP contribution in [-0.2, 0) is 0 Å². The molecule has 0 bridgehead atoms. The van der Waals surface area contributed by atoms with E-state index in [0.717, 1.165) is 34.5 Å². The number of nitriles is 1. The molecule has 0 aliphatic heterocycles. The number of benzene rings is 1. The van der Waals surface area contributed by atoms with E-state index in [-0.39, 0.29) is 0 Å². The lowest BCUT2D eigenvalue weighted by atomic mass is 10.1. The fraction of sp³-hybridized carbons (Fsp3) is 0.278. The van der Waals surface area contributed by atoms with Gasteiger partial charge in [-0.25, -0.2) is 9.39 Å². The number of aryl methyl sites for hydroxylation is 3. The van der Waals surface area contributed by atoms with Crippen molar-refractivity contribution < 1.29 is 4.42 Å². The summed E-state index contributed by atoms with van der Waals surface area (Å²) < 4.78 is 9.84. The normalized spacial score (nSPS) is 12.3. The van der Waals surface area contributed by atoms with E-state index >= 15 is 0 Å². The maximum absolute atomic E-state index is 8.55. The number of thiocyanates is 1. The van der Waals surface area contributed by atoms with Crippen LogP contribution in [0.5, 0.6) is 0 Å². The second kappa shape index (κ2) is 7.30. The van der Waals surface area contributed by atoms with Crippen molar-refractivity contribution in [3.8, 4) is 5.40 Å². The fourth-order valence-electron chi connectivity index (χ4n) is 2.43. The summed E-state index contributed by atoms with van der Waals surface area (Å²) >= 11 is 0.840. The third-order valence-electron chi connectivity index (χ3n) is 3.46. The minimum Gasteiger partial charge on any atom is -0.454 e. The Bertz CT molecular complexity index is 802. The van der Waals surface area contributed by atoms with Crippen LogP contribution >= 0.6 is 11.9 Å². The van der Waals surface area contributed by atoms with Gasteiger partial charge in [-0.2, -0.15) is 5.26 Å². The van der Waals surface area contributed by atoms with E-state index in [1.165, 1.54) is 5.56 Å². The van der Waals surface area contributed by atoms with E-state index in [2.05, 4.69) is 37.3 Å². The van der Waals surface area contributed by atoms with Gasteiger partial charge in [0.05, 0.1) is 29.1 Å². The predicted octanol–water partition coefficient (Wildman–Crippen LogP) is 5.28.